The zero-order valence-electron chi connectivity index (χ0n) is 19.2. The third-order valence-corrected chi connectivity index (χ3v) is 5.85. The molecule has 0 bridgehead atoms. The minimum absolute atomic E-state index is 0.0429. The first-order valence-corrected chi connectivity index (χ1v) is 11.2. The number of aliphatic hydroxyl groups excluding tert-OH is 1. The largest absolute Gasteiger partial charge is 0.394 e. The third kappa shape index (κ3) is 4.32. The van der Waals surface area contributed by atoms with Crippen molar-refractivity contribution in [2.45, 2.75) is 39.3 Å². The molecule has 0 spiro atoms. The topological polar surface area (TPSA) is 66.2 Å². The van der Waals surface area contributed by atoms with Crippen LogP contribution in [-0.4, -0.2) is 39.3 Å². The molecule has 6 heteroatoms. The van der Waals surface area contributed by atoms with E-state index in [0.717, 1.165) is 34.8 Å². The van der Waals surface area contributed by atoms with Crippen LogP contribution in [0.3, 0.4) is 0 Å². The number of nitrogens with one attached hydrogen (secondary N) is 1. The molecule has 0 aliphatic carbocycles. The highest BCUT2D eigenvalue weighted by Gasteiger charge is 2.18. The van der Waals surface area contributed by atoms with E-state index >= 15 is 0 Å². The summed E-state index contributed by atoms with van der Waals surface area (Å²) >= 11 is 0. The zero-order chi connectivity index (χ0) is 22.7. The van der Waals surface area contributed by atoms with Gasteiger partial charge in [0.1, 0.15) is 11.3 Å². The van der Waals surface area contributed by atoms with E-state index in [1.165, 1.54) is 11.1 Å². The van der Waals surface area contributed by atoms with Gasteiger partial charge in [0.15, 0.2) is 5.65 Å². The Balaban J connectivity index is 1.74. The van der Waals surface area contributed by atoms with Crippen LogP contribution in [0.4, 0.5) is 17.2 Å². The molecule has 1 atom stereocenters. The SMILES string of the molecule is CCC(CO)Nc1cc(N(C)c2ccc(-c3ccccc3)cc2)c2ncn(C(C)C)c2n1. The first-order valence-electron chi connectivity index (χ1n) is 11.2. The van der Waals surface area contributed by atoms with E-state index < -0.39 is 0 Å². The molecule has 0 amide bonds. The standard InChI is InChI=1S/C26H31N5O/c1-5-21(16-32)28-24-15-23(25-26(29-24)31(17-27-25)18(2)3)30(4)22-13-11-20(12-14-22)19-9-7-6-8-10-19/h6-15,17-18,21,32H,5,16H2,1-4H3,(H,28,29). The summed E-state index contributed by atoms with van der Waals surface area (Å²) in [7, 11) is 2.05. The molecule has 0 aliphatic heterocycles. The van der Waals surface area contributed by atoms with E-state index in [4.69, 9.17) is 9.97 Å². The average Bonchev–Trinajstić information content (AvgIpc) is 3.26. The molecular formula is C26H31N5O. The van der Waals surface area contributed by atoms with Crippen molar-refractivity contribution >= 4 is 28.4 Å². The Kier molecular flexibility index (Phi) is 6.42. The first-order chi connectivity index (χ1) is 15.5. The minimum atomic E-state index is -0.0429. The number of fused-ring (bicyclic) bond motifs is 1. The monoisotopic (exact) mass is 429 g/mol. The molecule has 2 aromatic carbocycles. The molecular weight excluding hydrogens is 398 g/mol. The van der Waals surface area contributed by atoms with E-state index in [1.54, 1.807) is 0 Å². The van der Waals surface area contributed by atoms with Crippen molar-refractivity contribution < 1.29 is 5.11 Å². The zero-order valence-corrected chi connectivity index (χ0v) is 19.2. The molecule has 0 radical (unpaired) electrons. The number of nitrogens with zero attached hydrogens (tertiary/aromatic N) is 4. The van der Waals surface area contributed by atoms with E-state index in [-0.39, 0.29) is 18.7 Å². The van der Waals surface area contributed by atoms with Crippen molar-refractivity contribution in [2.75, 3.05) is 23.9 Å². The number of pyridine rings is 1. The Morgan fingerprint density at radius 3 is 2.34 bits per heavy atom. The molecule has 2 aromatic heterocycles. The van der Waals surface area contributed by atoms with E-state index in [2.05, 4.69) is 77.2 Å². The quantitative estimate of drug-likeness (QED) is 0.380. The van der Waals surface area contributed by atoms with Gasteiger partial charge in [0.05, 0.1) is 24.7 Å². The summed E-state index contributed by atoms with van der Waals surface area (Å²) in [6, 6.07) is 21.1. The summed E-state index contributed by atoms with van der Waals surface area (Å²) < 4.78 is 2.08. The maximum atomic E-state index is 9.66. The van der Waals surface area contributed by atoms with Crippen LogP contribution in [0.5, 0.6) is 0 Å². The predicted octanol–water partition coefficient (Wildman–Crippen LogP) is 5.63. The lowest BCUT2D eigenvalue weighted by Gasteiger charge is -2.23. The summed E-state index contributed by atoms with van der Waals surface area (Å²) in [5, 5.41) is 13.0. The molecule has 2 N–H and O–H groups in total. The van der Waals surface area contributed by atoms with Gasteiger partial charge in [-0.2, -0.15) is 0 Å². The van der Waals surface area contributed by atoms with Crippen LogP contribution in [0.2, 0.25) is 0 Å². The molecule has 6 nitrogen and oxygen atoms in total. The van der Waals surface area contributed by atoms with Gasteiger partial charge in [-0.1, -0.05) is 49.4 Å². The summed E-state index contributed by atoms with van der Waals surface area (Å²) in [6.07, 6.45) is 2.66. The van der Waals surface area contributed by atoms with Crippen molar-refractivity contribution in [3.8, 4) is 11.1 Å². The van der Waals surface area contributed by atoms with Gasteiger partial charge in [-0.3, -0.25) is 0 Å². The van der Waals surface area contributed by atoms with E-state index in [1.807, 2.05) is 32.4 Å². The molecule has 4 aromatic rings. The average molecular weight is 430 g/mol. The van der Waals surface area contributed by atoms with Crippen LogP contribution in [0.25, 0.3) is 22.3 Å². The van der Waals surface area contributed by atoms with Gasteiger partial charge in [0, 0.05) is 24.8 Å². The fourth-order valence-corrected chi connectivity index (χ4v) is 3.83. The second-order valence-electron chi connectivity index (χ2n) is 8.35. The van der Waals surface area contributed by atoms with Crippen LogP contribution in [0, 0.1) is 0 Å². The van der Waals surface area contributed by atoms with Crippen LogP contribution in [-0.2, 0) is 0 Å². The summed E-state index contributed by atoms with van der Waals surface area (Å²) in [5.41, 5.74) is 6.11. The third-order valence-electron chi connectivity index (χ3n) is 5.85. The predicted molar refractivity (Wildman–Crippen MR) is 133 cm³/mol. The number of rotatable bonds is 8. The van der Waals surface area contributed by atoms with E-state index in [0.29, 0.717) is 0 Å². The Morgan fingerprint density at radius 2 is 1.72 bits per heavy atom. The molecule has 0 fully saturated rings. The van der Waals surface area contributed by atoms with Gasteiger partial charge in [-0.05, 0) is 43.5 Å². The van der Waals surface area contributed by atoms with Gasteiger partial charge in [0.25, 0.3) is 0 Å². The molecule has 2 heterocycles. The number of anilines is 3. The molecule has 166 valence electrons. The highest BCUT2D eigenvalue weighted by Crippen LogP contribution is 2.34. The van der Waals surface area contributed by atoms with Crippen molar-refractivity contribution in [3.05, 3.63) is 67.0 Å². The second-order valence-corrected chi connectivity index (χ2v) is 8.35. The van der Waals surface area contributed by atoms with Crippen molar-refractivity contribution in [2.24, 2.45) is 0 Å². The van der Waals surface area contributed by atoms with Gasteiger partial charge in [-0.15, -0.1) is 0 Å². The Bertz CT molecular complexity index is 1160. The van der Waals surface area contributed by atoms with Gasteiger partial charge >= 0.3 is 0 Å². The number of benzene rings is 2. The van der Waals surface area contributed by atoms with Gasteiger partial charge < -0.3 is 19.9 Å². The highest BCUT2D eigenvalue weighted by molar-refractivity contribution is 5.91. The van der Waals surface area contributed by atoms with Crippen LogP contribution in [0.15, 0.2) is 67.0 Å². The maximum Gasteiger partial charge on any atom is 0.164 e. The molecule has 4 rings (SSSR count). The lowest BCUT2D eigenvalue weighted by molar-refractivity contribution is 0.271. The Morgan fingerprint density at radius 1 is 1.03 bits per heavy atom. The smallest absolute Gasteiger partial charge is 0.164 e. The summed E-state index contributed by atoms with van der Waals surface area (Å²) in [6.45, 7) is 6.35. The summed E-state index contributed by atoms with van der Waals surface area (Å²) in [4.78, 5) is 11.7. The molecule has 0 aliphatic rings. The van der Waals surface area contributed by atoms with Crippen molar-refractivity contribution in [1.29, 1.82) is 0 Å². The number of imidazole rings is 1. The van der Waals surface area contributed by atoms with Crippen molar-refractivity contribution in [3.63, 3.8) is 0 Å². The lowest BCUT2D eigenvalue weighted by Crippen LogP contribution is -2.23. The van der Waals surface area contributed by atoms with E-state index in [9.17, 15) is 5.11 Å². The number of aliphatic hydroxyl groups is 1. The first kappa shape index (κ1) is 21.8. The van der Waals surface area contributed by atoms with Crippen LogP contribution < -0.4 is 10.2 Å². The van der Waals surface area contributed by atoms with Gasteiger partial charge in [-0.25, -0.2) is 9.97 Å². The number of hydrogen-bond acceptors (Lipinski definition) is 5. The normalized spacial score (nSPS) is 12.3. The molecule has 0 saturated heterocycles. The minimum Gasteiger partial charge on any atom is -0.394 e. The molecule has 32 heavy (non-hydrogen) atoms. The van der Waals surface area contributed by atoms with Crippen LogP contribution in [0.1, 0.15) is 33.2 Å². The number of aromatic nitrogens is 3. The second kappa shape index (κ2) is 9.40. The summed E-state index contributed by atoms with van der Waals surface area (Å²) in [5.74, 6) is 0.739. The fraction of sp³-hybridized carbons (Fsp3) is 0.308. The van der Waals surface area contributed by atoms with Crippen molar-refractivity contribution in [1.82, 2.24) is 14.5 Å². The Labute approximate surface area is 189 Å². The lowest BCUT2D eigenvalue weighted by atomic mass is 10.1. The highest BCUT2D eigenvalue weighted by atomic mass is 16.3. The molecule has 1 unspecified atom stereocenters. The van der Waals surface area contributed by atoms with Gasteiger partial charge in [0.2, 0.25) is 0 Å². The maximum absolute atomic E-state index is 9.66. The number of hydrogen-bond donors (Lipinski definition) is 2. The van der Waals surface area contributed by atoms with Crippen LogP contribution >= 0.6 is 0 Å². The fourth-order valence-electron chi connectivity index (χ4n) is 3.83. The molecule has 0 saturated carbocycles. The Hall–Kier alpha value is -3.38.